The van der Waals surface area contributed by atoms with Crippen molar-refractivity contribution in [1.82, 2.24) is 9.78 Å². The van der Waals surface area contributed by atoms with Crippen LogP contribution in [0.2, 0.25) is 0 Å². The summed E-state index contributed by atoms with van der Waals surface area (Å²) in [5.41, 5.74) is 0. The van der Waals surface area contributed by atoms with Gasteiger partial charge in [-0.15, -0.1) is 0 Å². The average Bonchev–Trinajstić information content (AvgIpc) is 2.78. The van der Waals surface area contributed by atoms with Gasteiger partial charge in [-0.3, -0.25) is 4.68 Å². The van der Waals surface area contributed by atoms with Crippen molar-refractivity contribution in [3.8, 4) is 5.75 Å². The predicted octanol–water partition coefficient (Wildman–Crippen LogP) is 3.81. The smallest absolute Gasteiger partial charge is 0.157 e. The van der Waals surface area contributed by atoms with Gasteiger partial charge in [-0.05, 0) is 39.0 Å². The second-order valence-electron chi connectivity index (χ2n) is 5.43. The summed E-state index contributed by atoms with van der Waals surface area (Å²) in [6.07, 6.45) is 10.6. The van der Waals surface area contributed by atoms with Gasteiger partial charge in [0.25, 0.3) is 0 Å². The molecular weight excluding hydrogens is 212 g/mol. The highest BCUT2D eigenvalue weighted by atomic mass is 16.5. The van der Waals surface area contributed by atoms with Crippen molar-refractivity contribution in [3.05, 3.63) is 12.4 Å². The Balaban J connectivity index is 1.91. The van der Waals surface area contributed by atoms with Gasteiger partial charge in [-0.2, -0.15) is 5.10 Å². The van der Waals surface area contributed by atoms with Crippen LogP contribution in [0.5, 0.6) is 5.75 Å². The minimum atomic E-state index is 0.401. The molecule has 0 bridgehead atoms. The predicted molar refractivity (Wildman–Crippen MR) is 69.3 cm³/mol. The number of rotatable bonds is 4. The quantitative estimate of drug-likeness (QED) is 0.794. The molecule has 0 spiro atoms. The molecule has 2 atom stereocenters. The molecular formula is C14H24N2O. The normalized spacial score (nSPS) is 25.2. The van der Waals surface area contributed by atoms with Crippen LogP contribution in [0.25, 0.3) is 0 Å². The van der Waals surface area contributed by atoms with Crippen LogP contribution in [0.3, 0.4) is 0 Å². The third-order valence-electron chi connectivity index (χ3n) is 3.72. The molecule has 0 aromatic carbocycles. The Morgan fingerprint density at radius 1 is 1.47 bits per heavy atom. The van der Waals surface area contributed by atoms with E-state index in [1.54, 1.807) is 0 Å². The van der Waals surface area contributed by atoms with Crippen molar-refractivity contribution < 1.29 is 4.74 Å². The first kappa shape index (κ1) is 12.5. The van der Waals surface area contributed by atoms with Gasteiger partial charge >= 0.3 is 0 Å². The van der Waals surface area contributed by atoms with Gasteiger partial charge in [0.05, 0.1) is 18.5 Å². The molecule has 1 fully saturated rings. The molecule has 17 heavy (non-hydrogen) atoms. The lowest BCUT2D eigenvalue weighted by Crippen LogP contribution is -2.24. The summed E-state index contributed by atoms with van der Waals surface area (Å²) in [5, 5.41) is 4.31. The van der Waals surface area contributed by atoms with Crippen LogP contribution in [0.4, 0.5) is 0 Å². The number of hydrogen-bond donors (Lipinski definition) is 0. The van der Waals surface area contributed by atoms with E-state index < -0.39 is 0 Å². The summed E-state index contributed by atoms with van der Waals surface area (Å²) >= 11 is 0. The summed E-state index contributed by atoms with van der Waals surface area (Å²) in [4.78, 5) is 0. The molecule has 1 saturated carbocycles. The monoisotopic (exact) mass is 236 g/mol. The van der Waals surface area contributed by atoms with Crippen LogP contribution in [0, 0.1) is 5.92 Å². The molecule has 0 N–H and O–H groups in total. The van der Waals surface area contributed by atoms with Gasteiger partial charge in [0.1, 0.15) is 0 Å². The van der Waals surface area contributed by atoms with Crippen molar-refractivity contribution in [2.75, 3.05) is 0 Å². The van der Waals surface area contributed by atoms with E-state index in [0.29, 0.717) is 12.1 Å². The summed E-state index contributed by atoms with van der Waals surface area (Å²) < 4.78 is 7.99. The zero-order valence-corrected chi connectivity index (χ0v) is 11.2. The van der Waals surface area contributed by atoms with E-state index >= 15 is 0 Å². The third-order valence-corrected chi connectivity index (χ3v) is 3.72. The molecule has 0 amide bonds. The molecule has 0 radical (unpaired) electrons. The molecule has 1 aliphatic rings. The first-order valence-electron chi connectivity index (χ1n) is 6.89. The van der Waals surface area contributed by atoms with Crippen LogP contribution in [-0.4, -0.2) is 15.9 Å². The molecule has 96 valence electrons. The van der Waals surface area contributed by atoms with Gasteiger partial charge in [-0.1, -0.05) is 19.8 Å². The summed E-state index contributed by atoms with van der Waals surface area (Å²) in [7, 11) is 0. The Kier molecular flexibility index (Phi) is 4.08. The Morgan fingerprint density at radius 3 is 2.94 bits per heavy atom. The van der Waals surface area contributed by atoms with E-state index in [1.165, 1.54) is 32.1 Å². The highest BCUT2D eigenvalue weighted by molar-refractivity contribution is 5.12. The van der Waals surface area contributed by atoms with E-state index in [4.69, 9.17) is 4.74 Å². The molecule has 2 unspecified atom stereocenters. The van der Waals surface area contributed by atoms with E-state index in [1.807, 2.05) is 17.1 Å². The molecule has 1 heterocycles. The highest BCUT2D eigenvalue weighted by Gasteiger charge is 2.22. The first-order chi connectivity index (χ1) is 8.19. The maximum Gasteiger partial charge on any atom is 0.157 e. The number of ether oxygens (including phenoxy) is 1. The Labute approximate surface area is 104 Å². The molecule has 1 aliphatic carbocycles. The fraction of sp³-hybridized carbons (Fsp3) is 0.786. The van der Waals surface area contributed by atoms with Crippen molar-refractivity contribution in [1.29, 1.82) is 0 Å². The lowest BCUT2D eigenvalue weighted by Gasteiger charge is -2.28. The molecule has 3 heteroatoms. The molecule has 3 nitrogen and oxygen atoms in total. The van der Waals surface area contributed by atoms with Gasteiger partial charge in [-0.25, -0.2) is 0 Å². The fourth-order valence-electron chi connectivity index (χ4n) is 2.58. The molecule has 1 aromatic heterocycles. The lowest BCUT2D eigenvalue weighted by atomic mass is 9.85. The molecule has 0 saturated heterocycles. The van der Waals surface area contributed by atoms with Crippen LogP contribution >= 0.6 is 0 Å². The minimum Gasteiger partial charge on any atom is -0.487 e. The maximum atomic E-state index is 6.03. The largest absolute Gasteiger partial charge is 0.487 e. The summed E-state index contributed by atoms with van der Waals surface area (Å²) in [6.45, 7) is 6.54. The van der Waals surface area contributed by atoms with Crippen molar-refractivity contribution in [2.45, 2.75) is 65.0 Å². The molecule has 0 aliphatic heterocycles. The van der Waals surface area contributed by atoms with Gasteiger partial charge in [0.2, 0.25) is 0 Å². The van der Waals surface area contributed by atoms with Crippen LogP contribution in [0.15, 0.2) is 12.4 Å². The Hall–Kier alpha value is -0.990. The molecule has 2 rings (SSSR count). The second-order valence-corrected chi connectivity index (χ2v) is 5.43. The highest BCUT2D eigenvalue weighted by Crippen LogP contribution is 2.29. The zero-order chi connectivity index (χ0) is 12.3. The van der Waals surface area contributed by atoms with E-state index in [2.05, 4.69) is 25.9 Å². The fourth-order valence-corrected chi connectivity index (χ4v) is 2.58. The van der Waals surface area contributed by atoms with E-state index in [-0.39, 0.29) is 0 Å². The van der Waals surface area contributed by atoms with Crippen molar-refractivity contribution in [2.24, 2.45) is 5.92 Å². The molecule has 1 aromatic rings. The zero-order valence-electron chi connectivity index (χ0n) is 11.2. The van der Waals surface area contributed by atoms with Gasteiger partial charge < -0.3 is 4.74 Å². The number of aromatic nitrogens is 2. The van der Waals surface area contributed by atoms with Crippen LogP contribution in [-0.2, 0) is 0 Å². The first-order valence-corrected chi connectivity index (χ1v) is 6.89. The van der Waals surface area contributed by atoms with Crippen molar-refractivity contribution >= 4 is 0 Å². The Morgan fingerprint density at radius 2 is 2.29 bits per heavy atom. The SMILES string of the molecule is CCC1CCCC(Oc2cnn(C(C)C)c2)C1. The standard InChI is InChI=1S/C14H24N2O/c1-4-12-6-5-7-13(8-12)17-14-9-15-16(10-14)11(2)3/h9-13H,4-8H2,1-3H3. The summed E-state index contributed by atoms with van der Waals surface area (Å²) in [5.74, 6) is 1.79. The summed E-state index contributed by atoms with van der Waals surface area (Å²) in [6, 6.07) is 0.405. The number of hydrogen-bond acceptors (Lipinski definition) is 2. The topological polar surface area (TPSA) is 27.1 Å². The van der Waals surface area contributed by atoms with Crippen LogP contribution in [0.1, 0.15) is 58.9 Å². The third kappa shape index (κ3) is 3.24. The van der Waals surface area contributed by atoms with Crippen LogP contribution < -0.4 is 4.74 Å². The lowest BCUT2D eigenvalue weighted by molar-refractivity contribution is 0.122. The van der Waals surface area contributed by atoms with E-state index in [0.717, 1.165) is 11.7 Å². The minimum absolute atomic E-state index is 0.401. The number of nitrogens with zero attached hydrogens (tertiary/aromatic N) is 2. The van der Waals surface area contributed by atoms with E-state index in [9.17, 15) is 0 Å². The van der Waals surface area contributed by atoms with Gasteiger partial charge in [0.15, 0.2) is 5.75 Å². The average molecular weight is 236 g/mol. The Bertz CT molecular complexity index is 346. The van der Waals surface area contributed by atoms with Crippen molar-refractivity contribution in [3.63, 3.8) is 0 Å². The second kappa shape index (κ2) is 5.56. The van der Waals surface area contributed by atoms with Gasteiger partial charge in [0, 0.05) is 6.04 Å². The maximum absolute atomic E-state index is 6.03.